The number of benzene rings is 1. The van der Waals surface area contributed by atoms with Crippen LogP contribution in [0.2, 0.25) is 0 Å². The predicted octanol–water partition coefficient (Wildman–Crippen LogP) is 4.56. The minimum absolute atomic E-state index is 0.294. The van der Waals surface area contributed by atoms with Crippen LogP contribution in [0.3, 0.4) is 0 Å². The van der Waals surface area contributed by atoms with Crippen LogP contribution in [0, 0.1) is 5.41 Å². The zero-order chi connectivity index (χ0) is 22.0. The predicted molar refractivity (Wildman–Crippen MR) is 126 cm³/mol. The molecule has 2 saturated heterocycles. The summed E-state index contributed by atoms with van der Waals surface area (Å²) in [6.07, 6.45) is 9.54. The number of likely N-dealkylation sites (tertiary alicyclic amines) is 1. The van der Waals surface area contributed by atoms with Gasteiger partial charge >= 0.3 is 5.97 Å². The van der Waals surface area contributed by atoms with Crippen molar-refractivity contribution in [1.82, 2.24) is 15.1 Å². The molecule has 170 valence electrons. The van der Waals surface area contributed by atoms with Gasteiger partial charge in [-0.25, -0.2) is 4.79 Å². The maximum Gasteiger partial charge on any atom is 0.338 e. The largest absolute Gasteiger partial charge is 0.462 e. The fraction of sp³-hybridized carbons (Fsp3) is 0.577. The van der Waals surface area contributed by atoms with Crippen LogP contribution in [0.15, 0.2) is 36.4 Å². The van der Waals surface area contributed by atoms with E-state index < -0.39 is 0 Å². The molecule has 1 aromatic carbocycles. The van der Waals surface area contributed by atoms with E-state index in [1.54, 1.807) is 12.1 Å². The highest BCUT2D eigenvalue weighted by molar-refractivity contribution is 5.90. The molecule has 1 spiro atoms. The molecule has 0 N–H and O–H groups in total. The number of piperidine rings is 2. The molecule has 0 atom stereocenters. The Balaban J connectivity index is 1.16. The normalized spacial score (nSPS) is 21.3. The SMILES string of the molecule is CCOC(=O)c1ccc(-c2ccc(N3CCC4(CC3)CCN(C3CCC3)CC4)nn2)cc1. The van der Waals surface area contributed by atoms with Gasteiger partial charge in [0.05, 0.1) is 17.9 Å². The summed E-state index contributed by atoms with van der Waals surface area (Å²) in [5.41, 5.74) is 2.87. The molecule has 0 bridgehead atoms. The standard InChI is InChI=1S/C26H34N4O2/c1-2-32-25(31)21-8-6-20(7-9-21)23-10-11-24(28-27-23)30-18-14-26(15-19-30)12-16-29(17-13-26)22-4-3-5-22/h6-11,22H,2-5,12-19H2,1H3. The Bertz CT molecular complexity index is 906. The van der Waals surface area contributed by atoms with Gasteiger partial charge < -0.3 is 14.5 Å². The first-order chi connectivity index (χ1) is 15.7. The number of carbonyl (C=O) groups excluding carboxylic acids is 1. The molecule has 3 fully saturated rings. The van der Waals surface area contributed by atoms with Gasteiger partial charge in [0, 0.05) is 24.7 Å². The molecular weight excluding hydrogens is 400 g/mol. The zero-order valence-corrected chi connectivity index (χ0v) is 19.1. The van der Waals surface area contributed by atoms with E-state index in [4.69, 9.17) is 4.74 Å². The zero-order valence-electron chi connectivity index (χ0n) is 19.1. The van der Waals surface area contributed by atoms with Crippen molar-refractivity contribution >= 4 is 11.8 Å². The first kappa shape index (κ1) is 21.4. The minimum atomic E-state index is -0.294. The van der Waals surface area contributed by atoms with Crippen LogP contribution in [0.1, 0.15) is 62.2 Å². The summed E-state index contributed by atoms with van der Waals surface area (Å²) in [7, 11) is 0. The summed E-state index contributed by atoms with van der Waals surface area (Å²) in [4.78, 5) is 17.0. The van der Waals surface area contributed by atoms with Gasteiger partial charge in [-0.05, 0) is 88.2 Å². The molecule has 0 radical (unpaired) electrons. The smallest absolute Gasteiger partial charge is 0.338 e. The minimum Gasteiger partial charge on any atom is -0.462 e. The van der Waals surface area contributed by atoms with Gasteiger partial charge in [0.15, 0.2) is 5.82 Å². The van der Waals surface area contributed by atoms with Crippen molar-refractivity contribution in [2.75, 3.05) is 37.7 Å². The van der Waals surface area contributed by atoms with E-state index in [-0.39, 0.29) is 5.97 Å². The molecule has 5 rings (SSSR count). The van der Waals surface area contributed by atoms with E-state index >= 15 is 0 Å². The van der Waals surface area contributed by atoms with Crippen LogP contribution in [0.5, 0.6) is 0 Å². The van der Waals surface area contributed by atoms with Crippen molar-refractivity contribution in [3.8, 4) is 11.3 Å². The third-order valence-electron chi connectivity index (χ3n) is 7.94. The van der Waals surface area contributed by atoms with E-state index in [9.17, 15) is 4.79 Å². The molecule has 2 aliphatic heterocycles. The van der Waals surface area contributed by atoms with Crippen molar-refractivity contribution in [1.29, 1.82) is 0 Å². The number of nitrogens with zero attached hydrogens (tertiary/aromatic N) is 4. The molecule has 32 heavy (non-hydrogen) atoms. The third kappa shape index (κ3) is 4.38. The molecule has 2 aromatic rings. The molecule has 0 unspecified atom stereocenters. The Morgan fingerprint density at radius 1 is 0.969 bits per heavy atom. The second kappa shape index (κ2) is 9.18. The summed E-state index contributed by atoms with van der Waals surface area (Å²) in [5, 5.41) is 9.00. The molecule has 3 heterocycles. The van der Waals surface area contributed by atoms with Gasteiger partial charge in [-0.1, -0.05) is 18.6 Å². The highest BCUT2D eigenvalue weighted by Crippen LogP contribution is 2.43. The van der Waals surface area contributed by atoms with E-state index in [1.807, 2.05) is 25.1 Å². The number of rotatable bonds is 5. The summed E-state index contributed by atoms with van der Waals surface area (Å²) >= 11 is 0. The van der Waals surface area contributed by atoms with E-state index in [0.717, 1.165) is 36.2 Å². The van der Waals surface area contributed by atoms with Crippen LogP contribution >= 0.6 is 0 Å². The Morgan fingerprint density at radius 2 is 1.66 bits per heavy atom. The Morgan fingerprint density at radius 3 is 2.22 bits per heavy atom. The van der Waals surface area contributed by atoms with E-state index in [2.05, 4.69) is 26.1 Å². The maximum absolute atomic E-state index is 11.8. The quantitative estimate of drug-likeness (QED) is 0.643. The lowest BCUT2D eigenvalue weighted by atomic mass is 9.70. The second-order valence-electron chi connectivity index (χ2n) is 9.68. The molecule has 1 saturated carbocycles. The van der Waals surface area contributed by atoms with Crippen LogP contribution in [-0.4, -0.2) is 59.9 Å². The monoisotopic (exact) mass is 434 g/mol. The van der Waals surface area contributed by atoms with Crippen molar-refractivity contribution in [3.63, 3.8) is 0 Å². The second-order valence-corrected chi connectivity index (χ2v) is 9.68. The lowest BCUT2D eigenvalue weighted by Crippen LogP contribution is -2.51. The van der Waals surface area contributed by atoms with E-state index in [0.29, 0.717) is 17.6 Å². The van der Waals surface area contributed by atoms with Crippen LogP contribution < -0.4 is 4.90 Å². The van der Waals surface area contributed by atoms with E-state index in [1.165, 1.54) is 58.0 Å². The summed E-state index contributed by atoms with van der Waals surface area (Å²) < 4.78 is 5.05. The van der Waals surface area contributed by atoms with Crippen LogP contribution in [0.25, 0.3) is 11.3 Å². The third-order valence-corrected chi connectivity index (χ3v) is 7.94. The lowest BCUT2D eigenvalue weighted by Gasteiger charge is -2.50. The van der Waals surface area contributed by atoms with Gasteiger partial charge in [0.1, 0.15) is 0 Å². The lowest BCUT2D eigenvalue weighted by molar-refractivity contribution is 0.0305. The number of hydrogen-bond acceptors (Lipinski definition) is 6. The van der Waals surface area contributed by atoms with Crippen molar-refractivity contribution < 1.29 is 9.53 Å². The molecular formula is C26H34N4O2. The van der Waals surface area contributed by atoms with Gasteiger partial charge in [0.25, 0.3) is 0 Å². The summed E-state index contributed by atoms with van der Waals surface area (Å²) in [5.74, 6) is 0.677. The number of anilines is 1. The number of ether oxygens (including phenoxy) is 1. The molecule has 3 aliphatic rings. The Kier molecular flexibility index (Phi) is 6.13. The van der Waals surface area contributed by atoms with Gasteiger partial charge in [-0.15, -0.1) is 10.2 Å². The fourth-order valence-corrected chi connectivity index (χ4v) is 5.46. The van der Waals surface area contributed by atoms with Crippen molar-refractivity contribution in [3.05, 3.63) is 42.0 Å². The van der Waals surface area contributed by atoms with Gasteiger partial charge in [-0.2, -0.15) is 0 Å². The highest BCUT2D eigenvalue weighted by Gasteiger charge is 2.39. The molecule has 6 nitrogen and oxygen atoms in total. The molecule has 1 aromatic heterocycles. The van der Waals surface area contributed by atoms with Crippen LogP contribution in [0.4, 0.5) is 5.82 Å². The fourth-order valence-electron chi connectivity index (χ4n) is 5.46. The van der Waals surface area contributed by atoms with Gasteiger partial charge in [0.2, 0.25) is 0 Å². The number of esters is 1. The number of aromatic nitrogens is 2. The summed E-state index contributed by atoms with van der Waals surface area (Å²) in [6.45, 7) is 6.94. The Labute approximate surface area is 191 Å². The average molecular weight is 435 g/mol. The first-order valence-electron chi connectivity index (χ1n) is 12.3. The highest BCUT2D eigenvalue weighted by atomic mass is 16.5. The maximum atomic E-state index is 11.8. The van der Waals surface area contributed by atoms with Gasteiger partial charge in [-0.3, -0.25) is 0 Å². The molecule has 0 amide bonds. The number of hydrogen-bond donors (Lipinski definition) is 0. The van der Waals surface area contributed by atoms with Crippen LogP contribution in [-0.2, 0) is 4.74 Å². The molecule has 1 aliphatic carbocycles. The Hall–Kier alpha value is -2.47. The van der Waals surface area contributed by atoms with Crippen molar-refractivity contribution in [2.45, 2.75) is 57.9 Å². The van der Waals surface area contributed by atoms with Crippen molar-refractivity contribution in [2.24, 2.45) is 5.41 Å². The first-order valence-corrected chi connectivity index (χ1v) is 12.3. The summed E-state index contributed by atoms with van der Waals surface area (Å²) in [6, 6.07) is 12.4. The average Bonchev–Trinajstić information content (AvgIpc) is 2.81. The molecule has 6 heteroatoms. The topological polar surface area (TPSA) is 58.6 Å². The number of carbonyl (C=O) groups is 1.